The molecule has 2 aromatic heterocycles. The van der Waals surface area contributed by atoms with Crippen molar-refractivity contribution in [3.05, 3.63) is 75.8 Å². The fraction of sp³-hybridized carbons (Fsp3) is 0.556. The molecule has 2 nitrogen and oxygen atoms in total. The summed E-state index contributed by atoms with van der Waals surface area (Å²) in [6.07, 6.45) is 14.0. The van der Waals surface area contributed by atoms with Crippen LogP contribution in [-0.4, -0.2) is 10.8 Å². The van der Waals surface area contributed by atoms with Crippen molar-refractivity contribution in [3.63, 3.8) is 0 Å². The van der Waals surface area contributed by atoms with Gasteiger partial charge < -0.3 is 0 Å². The van der Waals surface area contributed by atoms with E-state index in [1.54, 1.807) is 11.3 Å². The second kappa shape index (κ2) is 13.4. The molecule has 0 aliphatic heterocycles. The molecule has 39 heavy (non-hydrogen) atoms. The first kappa shape index (κ1) is 29.7. The molecule has 210 valence electrons. The standard InChI is InChI=1S/C36H49NOS/c1-7-10-15-25(14-8-2)18-20-31(26-16-12-11-13-17-26)30(9-3)34(38)33-24-28-22-27-23-29(36(4,5)6)19-21-32(27)37-35(28)39-33/h9,11-13,16-17,22,24-25,29,31H,7-8,10,14-15,18-21,23H2,1-6H3/b30-9-/t25?,29-,31?/m0/s1. The minimum Gasteiger partial charge on any atom is -0.288 e. The Hall–Kier alpha value is -2.26. The van der Waals surface area contributed by atoms with Crippen molar-refractivity contribution in [2.45, 2.75) is 112 Å². The number of pyridine rings is 1. The highest BCUT2D eigenvalue weighted by Gasteiger charge is 2.30. The van der Waals surface area contributed by atoms with Crippen molar-refractivity contribution < 1.29 is 4.79 Å². The number of aryl methyl sites for hydroxylation is 1. The molecule has 0 spiro atoms. The number of rotatable bonds is 12. The minimum atomic E-state index is 0.128. The predicted molar refractivity (Wildman–Crippen MR) is 169 cm³/mol. The Balaban J connectivity index is 1.60. The molecule has 0 amide bonds. The molecule has 0 saturated carbocycles. The number of thiophene rings is 1. The lowest BCUT2D eigenvalue weighted by Crippen LogP contribution is -2.27. The lowest BCUT2D eigenvalue weighted by atomic mass is 9.71. The lowest BCUT2D eigenvalue weighted by Gasteiger charge is -2.34. The van der Waals surface area contributed by atoms with Gasteiger partial charge in [0, 0.05) is 22.6 Å². The maximum atomic E-state index is 14.1. The molecular formula is C36H49NOS. The highest BCUT2D eigenvalue weighted by atomic mass is 32.1. The fourth-order valence-corrected chi connectivity index (χ4v) is 7.53. The average Bonchev–Trinajstić information content (AvgIpc) is 3.34. The first-order valence-electron chi connectivity index (χ1n) is 15.4. The summed E-state index contributed by atoms with van der Waals surface area (Å²) in [4.78, 5) is 21.0. The molecule has 1 aromatic carbocycles. The third-order valence-corrected chi connectivity index (χ3v) is 10.0. The first-order chi connectivity index (χ1) is 18.7. The van der Waals surface area contributed by atoms with Crippen molar-refractivity contribution in [3.8, 4) is 0 Å². The SMILES string of the molecule is C/C=C(\C(=O)c1cc2cc3c(nc2s1)CC[C@H](C(C)(C)C)C3)C(CCC(CCC)CCCC)c1ccccc1. The Morgan fingerprint density at radius 2 is 1.82 bits per heavy atom. The van der Waals surface area contributed by atoms with Gasteiger partial charge in [-0.1, -0.05) is 103 Å². The van der Waals surface area contributed by atoms with E-state index in [1.165, 1.54) is 61.8 Å². The number of benzene rings is 1. The summed E-state index contributed by atoms with van der Waals surface area (Å²) in [5.41, 5.74) is 5.13. The van der Waals surface area contributed by atoms with Gasteiger partial charge in [-0.3, -0.25) is 4.79 Å². The lowest BCUT2D eigenvalue weighted by molar-refractivity contribution is 0.103. The van der Waals surface area contributed by atoms with Crippen molar-refractivity contribution in [2.24, 2.45) is 17.3 Å². The number of hydrogen-bond donors (Lipinski definition) is 0. The number of nitrogens with zero attached hydrogens (tertiary/aromatic N) is 1. The van der Waals surface area contributed by atoms with Gasteiger partial charge in [0.15, 0.2) is 5.78 Å². The van der Waals surface area contributed by atoms with E-state index in [0.717, 1.165) is 45.8 Å². The number of allylic oxidation sites excluding steroid dienone is 2. The van der Waals surface area contributed by atoms with E-state index in [4.69, 9.17) is 4.98 Å². The molecule has 0 fully saturated rings. The van der Waals surface area contributed by atoms with Gasteiger partial charge in [-0.05, 0) is 79.5 Å². The van der Waals surface area contributed by atoms with Gasteiger partial charge in [-0.2, -0.15) is 0 Å². The summed E-state index contributed by atoms with van der Waals surface area (Å²) in [6, 6.07) is 15.1. The second-order valence-corrected chi connectivity index (χ2v) is 13.8. The molecule has 1 aliphatic rings. The van der Waals surface area contributed by atoms with Gasteiger partial charge in [-0.25, -0.2) is 4.98 Å². The maximum Gasteiger partial charge on any atom is 0.199 e. The number of ketones is 1. The van der Waals surface area contributed by atoms with Crippen molar-refractivity contribution in [2.75, 3.05) is 0 Å². The zero-order chi connectivity index (χ0) is 28.0. The van der Waals surface area contributed by atoms with Crippen molar-refractivity contribution >= 4 is 27.3 Å². The molecule has 1 aliphatic carbocycles. The molecule has 0 bridgehead atoms. The van der Waals surface area contributed by atoms with E-state index in [2.05, 4.69) is 83.2 Å². The van der Waals surface area contributed by atoms with Gasteiger partial charge in [0.25, 0.3) is 0 Å². The molecule has 3 atom stereocenters. The summed E-state index contributed by atoms with van der Waals surface area (Å²) in [5, 5.41) is 1.13. The Morgan fingerprint density at radius 1 is 1.05 bits per heavy atom. The molecule has 4 rings (SSSR count). The van der Waals surface area contributed by atoms with Gasteiger partial charge in [0.1, 0.15) is 4.83 Å². The molecule has 0 radical (unpaired) electrons. The number of Topliss-reactive ketones (excluding diaryl/α,β-unsaturated/α-hetero) is 1. The third-order valence-electron chi connectivity index (χ3n) is 9.00. The molecule has 3 aromatic rings. The zero-order valence-electron chi connectivity index (χ0n) is 25.2. The summed E-state index contributed by atoms with van der Waals surface area (Å²) in [7, 11) is 0. The van der Waals surface area contributed by atoms with Crippen LogP contribution in [0.1, 0.15) is 125 Å². The van der Waals surface area contributed by atoms with Crippen LogP contribution in [0.5, 0.6) is 0 Å². The van der Waals surface area contributed by atoms with Crippen molar-refractivity contribution in [1.82, 2.24) is 4.98 Å². The monoisotopic (exact) mass is 543 g/mol. The Bertz CT molecular complexity index is 1260. The molecule has 2 unspecified atom stereocenters. The molecule has 2 heterocycles. The van der Waals surface area contributed by atoms with Gasteiger partial charge in [-0.15, -0.1) is 11.3 Å². The van der Waals surface area contributed by atoms with Crippen LogP contribution in [0, 0.1) is 17.3 Å². The number of carbonyl (C=O) groups excluding carboxylic acids is 1. The quantitative estimate of drug-likeness (QED) is 0.168. The second-order valence-electron chi connectivity index (χ2n) is 12.8. The van der Waals surface area contributed by atoms with Gasteiger partial charge in [0.05, 0.1) is 4.88 Å². The van der Waals surface area contributed by atoms with E-state index in [0.29, 0.717) is 11.3 Å². The first-order valence-corrected chi connectivity index (χ1v) is 16.2. The Morgan fingerprint density at radius 3 is 2.49 bits per heavy atom. The fourth-order valence-electron chi connectivity index (χ4n) is 6.53. The van der Waals surface area contributed by atoms with Gasteiger partial charge >= 0.3 is 0 Å². The van der Waals surface area contributed by atoms with Crippen LogP contribution in [0.25, 0.3) is 10.2 Å². The minimum absolute atomic E-state index is 0.128. The van der Waals surface area contributed by atoms with Crippen LogP contribution in [0.15, 0.2) is 54.1 Å². The summed E-state index contributed by atoms with van der Waals surface area (Å²) >= 11 is 1.58. The predicted octanol–water partition coefficient (Wildman–Crippen LogP) is 10.7. The summed E-state index contributed by atoms with van der Waals surface area (Å²) in [5.74, 6) is 1.73. The third kappa shape index (κ3) is 7.28. The van der Waals surface area contributed by atoms with E-state index in [9.17, 15) is 4.79 Å². The smallest absolute Gasteiger partial charge is 0.199 e. The average molecular weight is 544 g/mol. The zero-order valence-corrected chi connectivity index (χ0v) is 26.0. The number of unbranched alkanes of at least 4 members (excludes halogenated alkanes) is 1. The molecule has 3 heteroatoms. The Kier molecular flexibility index (Phi) is 10.2. The summed E-state index contributed by atoms with van der Waals surface area (Å²) in [6.45, 7) is 13.7. The summed E-state index contributed by atoms with van der Waals surface area (Å²) < 4.78 is 0. The normalized spacial score (nSPS) is 17.7. The van der Waals surface area contributed by atoms with Crippen LogP contribution in [-0.2, 0) is 12.8 Å². The van der Waals surface area contributed by atoms with Crippen LogP contribution in [0.2, 0.25) is 0 Å². The molecule has 0 N–H and O–H groups in total. The van der Waals surface area contributed by atoms with E-state index >= 15 is 0 Å². The number of carbonyl (C=O) groups is 1. The van der Waals surface area contributed by atoms with E-state index in [1.807, 2.05) is 6.92 Å². The van der Waals surface area contributed by atoms with E-state index in [-0.39, 0.29) is 11.7 Å². The van der Waals surface area contributed by atoms with Crippen LogP contribution in [0.3, 0.4) is 0 Å². The highest BCUT2D eigenvalue weighted by Crippen LogP contribution is 2.40. The van der Waals surface area contributed by atoms with Gasteiger partial charge in [0.2, 0.25) is 0 Å². The van der Waals surface area contributed by atoms with E-state index < -0.39 is 0 Å². The van der Waals surface area contributed by atoms with Crippen molar-refractivity contribution in [1.29, 1.82) is 0 Å². The van der Waals surface area contributed by atoms with Crippen LogP contribution >= 0.6 is 11.3 Å². The number of fused-ring (bicyclic) bond motifs is 2. The largest absolute Gasteiger partial charge is 0.288 e. The number of aromatic nitrogens is 1. The van der Waals surface area contributed by atoms with Crippen LogP contribution < -0.4 is 0 Å². The topological polar surface area (TPSA) is 30.0 Å². The molecule has 0 saturated heterocycles. The van der Waals surface area contributed by atoms with Crippen LogP contribution in [0.4, 0.5) is 0 Å². The molecular weight excluding hydrogens is 494 g/mol. The Labute approximate surface area is 241 Å². The number of hydrogen-bond acceptors (Lipinski definition) is 3. The highest BCUT2D eigenvalue weighted by molar-refractivity contribution is 7.20. The maximum absolute atomic E-state index is 14.1.